The van der Waals surface area contributed by atoms with Crippen molar-refractivity contribution in [2.45, 2.75) is 0 Å². The molecule has 2 aromatic carbocycles. The molecular weight excluding hydrogens is 477 g/mol. The molecule has 4 aromatic rings. The van der Waals surface area contributed by atoms with Gasteiger partial charge < -0.3 is 25.2 Å². The van der Waals surface area contributed by atoms with E-state index in [1.165, 1.54) is 6.21 Å². The Balaban J connectivity index is 1.23. The second kappa shape index (κ2) is 10.9. The minimum absolute atomic E-state index is 0.0888. The smallest absolute Gasteiger partial charge is 0.245 e. The number of hydrogen-bond acceptors (Lipinski definition) is 10. The van der Waals surface area contributed by atoms with Crippen molar-refractivity contribution < 1.29 is 19.3 Å². The molecule has 0 atom stereocenters. The van der Waals surface area contributed by atoms with Gasteiger partial charge in [-0.15, -0.1) is 0 Å². The minimum Gasteiger partial charge on any atom is -0.508 e. The average Bonchev–Trinajstić information content (AvgIpc) is 2.91. The second-order valence-electron chi connectivity index (χ2n) is 8.25. The highest BCUT2D eigenvalue weighted by Crippen LogP contribution is 2.31. The third kappa shape index (κ3) is 6.08. The maximum absolute atomic E-state index is 14.2. The molecular formula is C26H24FN7O3. The van der Waals surface area contributed by atoms with E-state index in [1.807, 2.05) is 23.1 Å². The normalized spacial score (nSPS) is 13.6. The van der Waals surface area contributed by atoms with E-state index < -0.39 is 5.82 Å². The van der Waals surface area contributed by atoms with E-state index >= 15 is 0 Å². The number of hydrazone groups is 1. The number of ether oxygens (including phenoxy) is 1. The van der Waals surface area contributed by atoms with Gasteiger partial charge in [-0.2, -0.15) is 10.1 Å². The molecule has 0 amide bonds. The number of pyridine rings is 1. The number of rotatable bonds is 7. The van der Waals surface area contributed by atoms with Gasteiger partial charge in [-0.3, -0.25) is 4.98 Å². The van der Waals surface area contributed by atoms with Crippen molar-refractivity contribution in [3.8, 4) is 22.6 Å². The van der Waals surface area contributed by atoms with Crippen molar-refractivity contribution in [1.29, 1.82) is 0 Å². The van der Waals surface area contributed by atoms with Crippen molar-refractivity contribution in [3.05, 3.63) is 78.5 Å². The lowest BCUT2D eigenvalue weighted by molar-refractivity contribution is 0.122. The van der Waals surface area contributed by atoms with Gasteiger partial charge in [0.15, 0.2) is 11.6 Å². The Kier molecular flexibility index (Phi) is 7.04. The van der Waals surface area contributed by atoms with Crippen LogP contribution < -0.4 is 15.6 Å². The number of phenolic OH excluding ortho intramolecular Hbond substituents is 2. The van der Waals surface area contributed by atoms with Gasteiger partial charge in [0.05, 0.1) is 43.2 Å². The highest BCUT2D eigenvalue weighted by Gasteiger charge is 2.17. The van der Waals surface area contributed by atoms with E-state index in [-0.39, 0.29) is 23.3 Å². The van der Waals surface area contributed by atoms with Crippen LogP contribution in [0.4, 0.5) is 27.5 Å². The molecule has 188 valence electrons. The summed E-state index contributed by atoms with van der Waals surface area (Å²) in [5.41, 5.74) is 6.17. The topological polar surface area (TPSA) is 128 Å². The predicted molar refractivity (Wildman–Crippen MR) is 139 cm³/mol. The van der Waals surface area contributed by atoms with E-state index in [9.17, 15) is 14.6 Å². The molecule has 11 heteroatoms. The predicted octanol–water partition coefficient (Wildman–Crippen LogP) is 4.12. The first kappa shape index (κ1) is 23.9. The maximum Gasteiger partial charge on any atom is 0.245 e. The van der Waals surface area contributed by atoms with Crippen molar-refractivity contribution in [2.24, 2.45) is 5.10 Å². The van der Waals surface area contributed by atoms with Crippen LogP contribution in [0.5, 0.6) is 11.5 Å². The largest absolute Gasteiger partial charge is 0.508 e. The number of morpholine rings is 1. The number of nitrogens with zero attached hydrogens (tertiary/aromatic N) is 5. The van der Waals surface area contributed by atoms with E-state index in [1.54, 1.807) is 42.6 Å². The number of aromatic hydroxyl groups is 2. The van der Waals surface area contributed by atoms with E-state index in [0.29, 0.717) is 43.4 Å². The molecule has 3 heterocycles. The standard InChI is InChI=1S/C26H24FN7O3/c27-24-16-29-26(32-25(24)34-6-8-37-9-7-34)33-30-15-19-4-5-20(14-28-19)31-21-10-18(12-23(36)13-21)17-2-1-3-22(35)11-17/h1-5,10-16,31,35-36H,6-9H2,(H,29,32,33)/b30-15+. The third-order valence-electron chi connectivity index (χ3n) is 5.57. The number of nitrogens with one attached hydrogen (secondary N) is 2. The number of halogens is 1. The number of anilines is 4. The Labute approximate surface area is 212 Å². The lowest BCUT2D eigenvalue weighted by Gasteiger charge is -2.27. The van der Waals surface area contributed by atoms with Crippen LogP contribution in [-0.2, 0) is 4.74 Å². The van der Waals surface area contributed by atoms with Gasteiger partial charge in [-0.05, 0) is 47.5 Å². The summed E-state index contributed by atoms with van der Waals surface area (Å²) in [6, 6.07) is 15.5. The summed E-state index contributed by atoms with van der Waals surface area (Å²) < 4.78 is 19.5. The summed E-state index contributed by atoms with van der Waals surface area (Å²) in [6.45, 7) is 2.15. The molecule has 1 fully saturated rings. The lowest BCUT2D eigenvalue weighted by Crippen LogP contribution is -2.37. The van der Waals surface area contributed by atoms with Crippen molar-refractivity contribution in [3.63, 3.8) is 0 Å². The summed E-state index contributed by atoms with van der Waals surface area (Å²) in [6.07, 6.45) is 4.24. The summed E-state index contributed by atoms with van der Waals surface area (Å²) in [7, 11) is 0. The summed E-state index contributed by atoms with van der Waals surface area (Å²) >= 11 is 0. The average molecular weight is 502 g/mol. The number of phenols is 2. The number of benzene rings is 2. The van der Waals surface area contributed by atoms with Crippen molar-refractivity contribution in [2.75, 3.05) is 41.9 Å². The molecule has 2 aromatic heterocycles. The van der Waals surface area contributed by atoms with Crippen LogP contribution in [0.3, 0.4) is 0 Å². The molecule has 1 aliphatic heterocycles. The molecule has 0 aliphatic carbocycles. The van der Waals surface area contributed by atoms with Crippen LogP contribution in [0.2, 0.25) is 0 Å². The molecule has 0 bridgehead atoms. The molecule has 0 saturated carbocycles. The van der Waals surface area contributed by atoms with E-state index in [2.05, 4.69) is 30.8 Å². The lowest BCUT2D eigenvalue weighted by atomic mass is 10.0. The Hall–Kier alpha value is -4.77. The molecule has 0 unspecified atom stereocenters. The van der Waals surface area contributed by atoms with E-state index in [0.717, 1.165) is 17.3 Å². The number of hydrogen-bond donors (Lipinski definition) is 4. The van der Waals surface area contributed by atoms with Crippen LogP contribution >= 0.6 is 0 Å². The fraction of sp³-hybridized carbons (Fsp3) is 0.154. The van der Waals surface area contributed by atoms with Crippen LogP contribution in [0, 0.1) is 5.82 Å². The molecule has 1 aliphatic rings. The monoisotopic (exact) mass is 501 g/mol. The molecule has 37 heavy (non-hydrogen) atoms. The van der Waals surface area contributed by atoms with Gasteiger partial charge >= 0.3 is 0 Å². The number of aromatic nitrogens is 3. The van der Waals surface area contributed by atoms with Gasteiger partial charge in [0, 0.05) is 24.8 Å². The zero-order valence-electron chi connectivity index (χ0n) is 19.7. The molecule has 10 nitrogen and oxygen atoms in total. The van der Waals surface area contributed by atoms with E-state index in [4.69, 9.17) is 4.74 Å². The zero-order chi connectivity index (χ0) is 25.6. The summed E-state index contributed by atoms with van der Waals surface area (Å²) in [5.74, 6) is 0.121. The van der Waals surface area contributed by atoms with Crippen LogP contribution in [0.15, 0.2) is 72.1 Å². The van der Waals surface area contributed by atoms with Gasteiger partial charge in [-0.25, -0.2) is 14.8 Å². The highest BCUT2D eigenvalue weighted by atomic mass is 19.1. The third-order valence-corrected chi connectivity index (χ3v) is 5.57. The van der Waals surface area contributed by atoms with Gasteiger partial charge in [0.2, 0.25) is 5.95 Å². The highest BCUT2D eigenvalue weighted by molar-refractivity contribution is 5.78. The molecule has 0 radical (unpaired) electrons. The maximum atomic E-state index is 14.2. The Bertz CT molecular complexity index is 1410. The zero-order valence-corrected chi connectivity index (χ0v) is 19.7. The quantitative estimate of drug-likeness (QED) is 0.218. The molecule has 1 saturated heterocycles. The summed E-state index contributed by atoms with van der Waals surface area (Å²) in [4.78, 5) is 14.3. The molecule has 4 N–H and O–H groups in total. The molecule has 5 rings (SSSR count). The van der Waals surface area contributed by atoms with Crippen LogP contribution in [-0.4, -0.2) is 57.7 Å². The van der Waals surface area contributed by atoms with Crippen molar-refractivity contribution >= 4 is 29.4 Å². The first-order valence-electron chi connectivity index (χ1n) is 11.5. The van der Waals surface area contributed by atoms with Gasteiger partial charge in [0.1, 0.15) is 11.5 Å². The Morgan fingerprint density at radius 2 is 1.76 bits per heavy atom. The van der Waals surface area contributed by atoms with Gasteiger partial charge in [0.25, 0.3) is 0 Å². The van der Waals surface area contributed by atoms with Gasteiger partial charge in [-0.1, -0.05) is 12.1 Å². The summed E-state index contributed by atoms with van der Waals surface area (Å²) in [5, 5.41) is 27.2. The van der Waals surface area contributed by atoms with Crippen LogP contribution in [0.25, 0.3) is 11.1 Å². The fourth-order valence-electron chi connectivity index (χ4n) is 3.82. The first-order valence-corrected chi connectivity index (χ1v) is 11.5. The fourth-order valence-corrected chi connectivity index (χ4v) is 3.82. The minimum atomic E-state index is -0.498. The SMILES string of the molecule is Oc1cccc(-c2cc(O)cc(Nc3ccc(/C=N/Nc4ncc(F)c(N5CCOCC5)n4)nc3)c2)c1. The Morgan fingerprint density at radius 3 is 2.54 bits per heavy atom. The first-order chi connectivity index (χ1) is 18.0. The second-order valence-corrected chi connectivity index (χ2v) is 8.25. The van der Waals surface area contributed by atoms with Crippen LogP contribution in [0.1, 0.15) is 5.69 Å². The van der Waals surface area contributed by atoms with Crippen molar-refractivity contribution in [1.82, 2.24) is 15.0 Å². The molecule has 0 spiro atoms. The Morgan fingerprint density at radius 1 is 0.919 bits per heavy atom.